The van der Waals surface area contributed by atoms with Crippen LogP contribution < -0.4 is 5.59 Å². The highest BCUT2D eigenvalue weighted by Crippen LogP contribution is 2.56. The van der Waals surface area contributed by atoms with Crippen molar-refractivity contribution in [2.75, 3.05) is 27.2 Å². The van der Waals surface area contributed by atoms with E-state index in [4.69, 9.17) is 21.3 Å². The Labute approximate surface area is 203 Å². The van der Waals surface area contributed by atoms with Gasteiger partial charge in [-0.25, -0.2) is 9.79 Å². The lowest BCUT2D eigenvalue weighted by Gasteiger charge is -2.40. The zero-order valence-electron chi connectivity index (χ0n) is 21.2. The molecule has 2 heterocycles. The van der Waals surface area contributed by atoms with Gasteiger partial charge in [0.1, 0.15) is 5.60 Å². The summed E-state index contributed by atoms with van der Waals surface area (Å²) in [4.78, 5) is 38.4. The number of carbonyl (C=O) groups is 2. The van der Waals surface area contributed by atoms with Gasteiger partial charge in [0.25, 0.3) is 5.91 Å². The Kier molecular flexibility index (Phi) is 6.91. The van der Waals surface area contributed by atoms with Crippen molar-refractivity contribution in [3.63, 3.8) is 0 Å². The average Bonchev–Trinajstić information content (AvgIpc) is 2.99. The third-order valence-electron chi connectivity index (χ3n) is 6.85. The van der Waals surface area contributed by atoms with E-state index in [2.05, 4.69) is 4.99 Å². The zero-order chi connectivity index (χ0) is 24.8. The number of piperidine rings is 1. The predicted octanol–water partition coefficient (Wildman–Crippen LogP) is 2.89. The van der Waals surface area contributed by atoms with E-state index >= 15 is 0 Å². The number of nitrogens with zero attached hydrogens (tertiary/aromatic N) is 4. The first-order valence-electron chi connectivity index (χ1n) is 11.6. The standard InChI is InChI=1S/C24H36BClN4O3/c1-22(2,3)33-21(32)30-10-8-24(9-11-30)13-16(15-12-17(26)19(25)28-18(15)24)23(4,5)20(31)27-14-29(6)7/h12,14,16H,8-11,13,25H2,1-7H3/b27-14+/t16-/m1/s1. The van der Waals surface area contributed by atoms with Gasteiger partial charge in [-0.3, -0.25) is 9.78 Å². The van der Waals surface area contributed by atoms with Crippen LogP contribution >= 0.6 is 11.6 Å². The fourth-order valence-corrected chi connectivity index (χ4v) is 5.05. The summed E-state index contributed by atoms with van der Waals surface area (Å²) in [5, 5.41) is 0.613. The number of amides is 2. The van der Waals surface area contributed by atoms with E-state index in [1.54, 1.807) is 16.1 Å². The van der Waals surface area contributed by atoms with Gasteiger partial charge in [-0.05, 0) is 51.7 Å². The van der Waals surface area contributed by atoms with Crippen molar-refractivity contribution >= 4 is 43.4 Å². The molecule has 0 N–H and O–H groups in total. The molecular weight excluding hydrogens is 439 g/mol. The predicted molar refractivity (Wildman–Crippen MR) is 134 cm³/mol. The van der Waals surface area contributed by atoms with Gasteiger partial charge in [-0.1, -0.05) is 25.4 Å². The molecule has 9 heteroatoms. The number of rotatable bonds is 3. The lowest BCUT2D eigenvalue weighted by atomic mass is 9.70. The van der Waals surface area contributed by atoms with Crippen molar-refractivity contribution in [1.29, 1.82) is 0 Å². The first-order chi connectivity index (χ1) is 15.2. The number of halogens is 1. The minimum atomic E-state index is -0.715. The monoisotopic (exact) mass is 474 g/mol. The molecule has 3 rings (SSSR count). The van der Waals surface area contributed by atoms with Crippen LogP contribution in [0.25, 0.3) is 0 Å². The van der Waals surface area contributed by atoms with Crippen LogP contribution in [0, 0.1) is 5.41 Å². The summed E-state index contributed by atoms with van der Waals surface area (Å²) < 4.78 is 5.58. The summed E-state index contributed by atoms with van der Waals surface area (Å²) in [7, 11) is 5.60. The van der Waals surface area contributed by atoms with Gasteiger partial charge in [-0.15, -0.1) is 0 Å². The molecule has 0 aromatic carbocycles. The third-order valence-corrected chi connectivity index (χ3v) is 7.24. The molecule has 33 heavy (non-hydrogen) atoms. The number of carbonyl (C=O) groups excluding carboxylic acids is 2. The number of aromatic nitrogens is 1. The minimum Gasteiger partial charge on any atom is -0.444 e. The molecule has 1 spiro atoms. The van der Waals surface area contributed by atoms with Crippen LogP contribution in [0.2, 0.25) is 5.02 Å². The van der Waals surface area contributed by atoms with Gasteiger partial charge in [0.2, 0.25) is 0 Å². The Morgan fingerprint density at radius 1 is 1.27 bits per heavy atom. The lowest BCUT2D eigenvalue weighted by Crippen LogP contribution is -2.47. The van der Waals surface area contributed by atoms with Gasteiger partial charge >= 0.3 is 6.09 Å². The van der Waals surface area contributed by atoms with E-state index in [0.717, 1.165) is 36.1 Å². The molecular formula is C24H36BClN4O3. The van der Waals surface area contributed by atoms with Crippen molar-refractivity contribution in [3.05, 3.63) is 22.3 Å². The Balaban J connectivity index is 1.92. The maximum Gasteiger partial charge on any atom is 0.410 e. The SMILES string of the molecule is Bc1nc2c(cc1Cl)[C@H](C(C)(C)C(=O)/N=C/N(C)C)CC21CCN(C(=O)OC(C)(C)C)CC1. The van der Waals surface area contributed by atoms with Crippen LogP contribution in [-0.4, -0.2) is 73.8 Å². The molecule has 1 aliphatic heterocycles. The van der Waals surface area contributed by atoms with Crippen LogP contribution in [0.1, 0.15) is 71.1 Å². The summed E-state index contributed by atoms with van der Waals surface area (Å²) in [6.07, 6.45) is 3.61. The molecule has 1 aliphatic carbocycles. The van der Waals surface area contributed by atoms with Gasteiger partial charge < -0.3 is 14.5 Å². The summed E-state index contributed by atoms with van der Waals surface area (Å²) in [5.41, 5.74) is 1.42. The van der Waals surface area contributed by atoms with Gasteiger partial charge in [0.15, 0.2) is 7.85 Å². The Morgan fingerprint density at radius 2 is 1.88 bits per heavy atom. The van der Waals surface area contributed by atoms with E-state index in [9.17, 15) is 9.59 Å². The molecule has 180 valence electrons. The molecule has 1 fully saturated rings. The molecule has 2 amide bonds. The fourth-order valence-electron chi connectivity index (χ4n) is 4.89. The third kappa shape index (κ3) is 5.21. The second kappa shape index (κ2) is 8.93. The number of ether oxygens (including phenoxy) is 1. The van der Waals surface area contributed by atoms with Crippen molar-refractivity contribution < 1.29 is 14.3 Å². The van der Waals surface area contributed by atoms with E-state index in [-0.39, 0.29) is 23.3 Å². The quantitative estimate of drug-likeness (QED) is 0.382. The highest BCUT2D eigenvalue weighted by atomic mass is 35.5. The molecule has 0 radical (unpaired) electrons. The molecule has 1 aromatic heterocycles. The summed E-state index contributed by atoms with van der Waals surface area (Å²) in [6.45, 7) is 10.7. The molecule has 1 aromatic rings. The average molecular weight is 475 g/mol. The van der Waals surface area contributed by atoms with E-state index in [1.165, 1.54) is 0 Å². The Morgan fingerprint density at radius 3 is 2.42 bits per heavy atom. The minimum absolute atomic E-state index is 0.0574. The van der Waals surface area contributed by atoms with Crippen molar-refractivity contribution in [1.82, 2.24) is 14.8 Å². The van der Waals surface area contributed by atoms with Crippen LogP contribution in [0.15, 0.2) is 11.1 Å². The molecule has 2 aliphatic rings. The highest BCUT2D eigenvalue weighted by Gasteiger charge is 2.53. The second-order valence-electron chi connectivity index (χ2n) is 11.2. The molecule has 1 atom stereocenters. The maximum absolute atomic E-state index is 13.1. The molecule has 7 nitrogen and oxygen atoms in total. The maximum atomic E-state index is 13.1. The number of hydrogen-bond donors (Lipinski definition) is 0. The number of hydrogen-bond acceptors (Lipinski definition) is 4. The number of pyridine rings is 1. The Bertz CT molecular complexity index is 963. The largest absolute Gasteiger partial charge is 0.444 e. The van der Waals surface area contributed by atoms with Crippen LogP contribution in [0.3, 0.4) is 0 Å². The van der Waals surface area contributed by atoms with E-state index in [0.29, 0.717) is 18.1 Å². The first-order valence-corrected chi connectivity index (χ1v) is 11.9. The molecule has 1 saturated heterocycles. The highest BCUT2D eigenvalue weighted by molar-refractivity contribution is 6.44. The topological polar surface area (TPSA) is 75.1 Å². The normalized spacial score (nSPS) is 20.2. The summed E-state index contributed by atoms with van der Waals surface area (Å²) in [6, 6.07) is 1.99. The van der Waals surface area contributed by atoms with Crippen LogP contribution in [-0.2, 0) is 14.9 Å². The van der Waals surface area contributed by atoms with Gasteiger partial charge in [0.05, 0.1) is 16.8 Å². The number of aliphatic imine (C=N–C) groups is 1. The van der Waals surface area contributed by atoms with Crippen molar-refractivity contribution in [2.24, 2.45) is 10.4 Å². The summed E-state index contributed by atoms with van der Waals surface area (Å²) >= 11 is 6.49. The van der Waals surface area contributed by atoms with E-state index < -0.39 is 11.0 Å². The van der Waals surface area contributed by atoms with Crippen molar-refractivity contribution in [3.8, 4) is 0 Å². The second-order valence-corrected chi connectivity index (χ2v) is 11.6. The number of likely N-dealkylation sites (tertiary alicyclic amines) is 1. The fraction of sp³-hybridized carbons (Fsp3) is 0.667. The van der Waals surface area contributed by atoms with Crippen LogP contribution in [0.5, 0.6) is 0 Å². The molecule has 0 unspecified atom stereocenters. The smallest absolute Gasteiger partial charge is 0.410 e. The van der Waals surface area contributed by atoms with Gasteiger partial charge in [-0.2, -0.15) is 0 Å². The van der Waals surface area contributed by atoms with Crippen LogP contribution in [0.4, 0.5) is 4.79 Å². The van der Waals surface area contributed by atoms with E-state index in [1.807, 2.05) is 62.6 Å². The van der Waals surface area contributed by atoms with Gasteiger partial charge in [0, 0.05) is 49.8 Å². The molecule has 0 bridgehead atoms. The first kappa shape index (κ1) is 25.5. The Hall–Kier alpha value is -2.09. The summed E-state index contributed by atoms with van der Waals surface area (Å²) in [5.74, 6) is -0.218. The lowest BCUT2D eigenvalue weighted by molar-refractivity contribution is -0.127. The molecule has 0 saturated carbocycles. The zero-order valence-corrected chi connectivity index (χ0v) is 21.9. The number of fused-ring (bicyclic) bond motifs is 2. The van der Waals surface area contributed by atoms with Crippen molar-refractivity contribution in [2.45, 2.75) is 70.8 Å².